The quantitative estimate of drug-likeness (QED) is 0.127. The number of halogens is 2. The highest BCUT2D eigenvalue weighted by molar-refractivity contribution is 7.90. The van der Waals surface area contributed by atoms with E-state index in [2.05, 4.69) is 5.32 Å². The van der Waals surface area contributed by atoms with Gasteiger partial charge in [0.05, 0.1) is 39.6 Å². The zero-order valence-corrected chi connectivity index (χ0v) is 33.1. The van der Waals surface area contributed by atoms with Crippen molar-refractivity contribution in [2.45, 2.75) is 82.8 Å². The van der Waals surface area contributed by atoms with E-state index in [1.807, 2.05) is 0 Å². The maximum absolute atomic E-state index is 13.9. The molecule has 0 aliphatic carbocycles. The Hall–Kier alpha value is -4.92. The number of ether oxygens (including phenoxy) is 3. The van der Waals surface area contributed by atoms with Gasteiger partial charge in [-0.1, -0.05) is 41.4 Å². The number of furan rings is 1. The number of nitrogens with zero attached hydrogens (tertiary/aromatic N) is 1. The predicted molar refractivity (Wildman–Crippen MR) is 202 cm³/mol. The first-order valence-electron chi connectivity index (χ1n) is 17.3. The van der Waals surface area contributed by atoms with Gasteiger partial charge in [0.2, 0.25) is 6.29 Å². The van der Waals surface area contributed by atoms with Gasteiger partial charge < -0.3 is 28.8 Å². The van der Waals surface area contributed by atoms with Gasteiger partial charge in [-0.05, 0) is 80.3 Å². The number of carbonyl (C=O) groups excluding carboxylic acids is 5. The van der Waals surface area contributed by atoms with Crippen molar-refractivity contribution in [2.75, 3.05) is 12.8 Å². The van der Waals surface area contributed by atoms with E-state index in [1.54, 1.807) is 68.3 Å². The zero-order valence-electron chi connectivity index (χ0n) is 30.8. The van der Waals surface area contributed by atoms with Gasteiger partial charge in [0, 0.05) is 43.6 Å². The second-order valence-corrected chi connectivity index (χ2v) is 16.9. The molecule has 1 aromatic heterocycles. The van der Waals surface area contributed by atoms with Gasteiger partial charge in [-0.3, -0.25) is 19.2 Å². The third kappa shape index (κ3) is 10.6. The molecule has 1 aliphatic heterocycles. The number of benzene rings is 3. The molecular weight excluding hydrogens is 775 g/mol. The third-order valence-corrected chi connectivity index (χ3v) is 10.3. The Balaban J connectivity index is 1.32. The minimum absolute atomic E-state index is 0.00875. The van der Waals surface area contributed by atoms with Crippen LogP contribution in [0.25, 0.3) is 11.0 Å². The van der Waals surface area contributed by atoms with Crippen LogP contribution in [0.1, 0.15) is 77.9 Å². The van der Waals surface area contributed by atoms with Gasteiger partial charge in [0.25, 0.3) is 11.8 Å². The standard InChI is InChI=1S/C39H40Cl2N2O11S/c1-22(52-32(44)11-12-33(45)54-39(2,3)4)53-38(48)30(18-23-7-6-8-27(17-23)55(5,49)50)42-36(46)34-29(40)19-26-21-43(15-13-28(26)35(34)41)37(47)25-10-9-24-14-16-51-31(24)20-25/h6-10,14,16-17,19-20,22,30H,11-13,15,18,21H2,1-5H3,(H,42,46). The Labute approximate surface area is 328 Å². The van der Waals surface area contributed by atoms with Crippen molar-refractivity contribution in [1.29, 1.82) is 0 Å². The summed E-state index contributed by atoms with van der Waals surface area (Å²) in [4.78, 5) is 66.9. The second-order valence-electron chi connectivity index (χ2n) is 14.1. The van der Waals surface area contributed by atoms with Crippen LogP contribution in [0.15, 0.2) is 70.2 Å². The van der Waals surface area contributed by atoms with Crippen molar-refractivity contribution >= 4 is 73.7 Å². The van der Waals surface area contributed by atoms with Crippen molar-refractivity contribution in [3.05, 3.63) is 98.7 Å². The number of nitrogens with one attached hydrogen (secondary N) is 1. The van der Waals surface area contributed by atoms with E-state index in [9.17, 15) is 32.4 Å². The molecule has 0 spiro atoms. The monoisotopic (exact) mass is 814 g/mol. The zero-order chi connectivity index (χ0) is 40.2. The van der Waals surface area contributed by atoms with Gasteiger partial charge >= 0.3 is 17.9 Å². The van der Waals surface area contributed by atoms with E-state index >= 15 is 0 Å². The molecule has 292 valence electrons. The first-order chi connectivity index (χ1) is 25.8. The lowest BCUT2D eigenvalue weighted by molar-refractivity contribution is -0.186. The van der Waals surface area contributed by atoms with Crippen LogP contribution in [-0.2, 0) is 57.8 Å². The summed E-state index contributed by atoms with van der Waals surface area (Å²) in [5, 5.41) is 3.48. The molecule has 0 saturated heterocycles. The van der Waals surface area contributed by atoms with Crippen LogP contribution >= 0.6 is 23.2 Å². The van der Waals surface area contributed by atoms with Gasteiger partial charge in [-0.15, -0.1) is 0 Å². The Kier molecular flexibility index (Phi) is 12.6. The Morgan fingerprint density at radius 3 is 2.40 bits per heavy atom. The minimum Gasteiger partial charge on any atom is -0.464 e. The molecular formula is C39H40Cl2N2O11S. The number of esters is 3. The van der Waals surface area contributed by atoms with E-state index < -0.39 is 51.6 Å². The molecule has 16 heteroatoms. The molecule has 2 atom stereocenters. The Morgan fingerprint density at radius 1 is 0.964 bits per heavy atom. The lowest BCUT2D eigenvalue weighted by Gasteiger charge is -2.30. The largest absolute Gasteiger partial charge is 0.464 e. The van der Waals surface area contributed by atoms with Crippen LogP contribution in [0.5, 0.6) is 0 Å². The van der Waals surface area contributed by atoms with Gasteiger partial charge in [-0.25, -0.2) is 13.2 Å². The smallest absolute Gasteiger partial charge is 0.332 e. The van der Waals surface area contributed by atoms with Gasteiger partial charge in [0.15, 0.2) is 9.84 Å². The fourth-order valence-corrected chi connectivity index (χ4v) is 7.43. The average molecular weight is 816 g/mol. The summed E-state index contributed by atoms with van der Waals surface area (Å²) in [5.74, 6) is -3.51. The number of hydrogen-bond acceptors (Lipinski definition) is 11. The summed E-state index contributed by atoms with van der Waals surface area (Å²) in [6.07, 6.45) is 0.638. The predicted octanol–water partition coefficient (Wildman–Crippen LogP) is 6.24. The van der Waals surface area contributed by atoms with Crippen LogP contribution < -0.4 is 5.32 Å². The molecule has 2 unspecified atom stereocenters. The highest BCUT2D eigenvalue weighted by atomic mass is 35.5. The number of fused-ring (bicyclic) bond motifs is 2. The van der Waals surface area contributed by atoms with E-state index in [0.717, 1.165) is 11.6 Å². The van der Waals surface area contributed by atoms with E-state index in [4.69, 9.17) is 41.8 Å². The van der Waals surface area contributed by atoms with Crippen molar-refractivity contribution in [2.24, 2.45) is 0 Å². The third-order valence-electron chi connectivity index (χ3n) is 8.51. The molecule has 0 bridgehead atoms. The van der Waals surface area contributed by atoms with Crippen LogP contribution in [0.3, 0.4) is 0 Å². The summed E-state index contributed by atoms with van der Waals surface area (Å²) < 4.78 is 45.7. The van der Waals surface area contributed by atoms with E-state index in [-0.39, 0.29) is 52.2 Å². The second kappa shape index (κ2) is 16.8. The number of carbonyl (C=O) groups is 5. The number of rotatable bonds is 12. The van der Waals surface area contributed by atoms with Crippen molar-refractivity contribution < 1.29 is 51.0 Å². The molecule has 1 aliphatic rings. The number of amides is 2. The molecule has 0 fully saturated rings. The van der Waals surface area contributed by atoms with Gasteiger partial charge in [0.1, 0.15) is 17.2 Å². The lowest BCUT2D eigenvalue weighted by atomic mass is 9.95. The Bertz CT molecular complexity index is 2260. The highest BCUT2D eigenvalue weighted by Gasteiger charge is 2.32. The van der Waals surface area contributed by atoms with Crippen LogP contribution in [0.4, 0.5) is 0 Å². The lowest BCUT2D eigenvalue weighted by Crippen LogP contribution is -2.45. The summed E-state index contributed by atoms with van der Waals surface area (Å²) in [7, 11) is -3.61. The maximum Gasteiger partial charge on any atom is 0.332 e. The molecule has 0 saturated carbocycles. The fourth-order valence-electron chi connectivity index (χ4n) is 5.98. The SMILES string of the molecule is CC(OC(=O)CCC(=O)OC(C)(C)C)OC(=O)C(Cc1cccc(S(C)(=O)=O)c1)NC(=O)c1c(Cl)cc2c(c1Cl)CCN(C(=O)c1ccc3ccoc3c1)C2. The molecule has 5 rings (SSSR count). The normalized spacial score (nSPS) is 14.1. The fraction of sp³-hybridized carbons (Fsp3) is 0.359. The maximum atomic E-state index is 13.9. The van der Waals surface area contributed by atoms with E-state index in [1.165, 1.54) is 25.1 Å². The minimum atomic E-state index is -3.61. The molecule has 1 N–H and O–H groups in total. The summed E-state index contributed by atoms with van der Waals surface area (Å²) in [5.41, 5.74) is 1.79. The summed E-state index contributed by atoms with van der Waals surface area (Å²) in [6, 6.07) is 12.9. The average Bonchev–Trinajstić information content (AvgIpc) is 3.57. The molecule has 4 aromatic rings. The number of sulfone groups is 1. The first-order valence-corrected chi connectivity index (χ1v) is 19.9. The van der Waals surface area contributed by atoms with Crippen molar-refractivity contribution in [1.82, 2.24) is 10.2 Å². The van der Waals surface area contributed by atoms with Crippen LogP contribution in [0.2, 0.25) is 10.0 Å². The Morgan fingerprint density at radius 2 is 1.69 bits per heavy atom. The molecule has 2 amide bonds. The van der Waals surface area contributed by atoms with Crippen molar-refractivity contribution in [3.63, 3.8) is 0 Å². The summed E-state index contributed by atoms with van der Waals surface area (Å²) >= 11 is 13.5. The number of hydrogen-bond donors (Lipinski definition) is 1. The van der Waals surface area contributed by atoms with Gasteiger partial charge in [-0.2, -0.15) is 0 Å². The highest BCUT2D eigenvalue weighted by Crippen LogP contribution is 2.35. The molecule has 13 nitrogen and oxygen atoms in total. The van der Waals surface area contributed by atoms with Crippen molar-refractivity contribution in [3.8, 4) is 0 Å². The molecule has 3 aromatic carbocycles. The summed E-state index contributed by atoms with van der Waals surface area (Å²) in [6.45, 7) is 6.82. The van der Waals surface area contributed by atoms with E-state index in [0.29, 0.717) is 40.8 Å². The molecule has 2 heterocycles. The van der Waals surface area contributed by atoms with Crippen LogP contribution in [0, 0.1) is 0 Å². The first kappa shape index (κ1) is 41.2. The molecule has 55 heavy (non-hydrogen) atoms. The van der Waals surface area contributed by atoms with Crippen LogP contribution in [-0.4, -0.2) is 73.8 Å². The molecule has 0 radical (unpaired) electrons. The topological polar surface area (TPSA) is 176 Å².